The van der Waals surface area contributed by atoms with Crippen LogP contribution in [0.4, 0.5) is 5.69 Å². The number of nitrogens with zero attached hydrogens (tertiary/aromatic N) is 1. The fourth-order valence-corrected chi connectivity index (χ4v) is 4.14. The number of nitrogens with one attached hydrogen (secondary N) is 1. The highest BCUT2D eigenvalue weighted by atomic mass is 16.5. The molecular formula is C26H26N2O5. The van der Waals surface area contributed by atoms with Crippen molar-refractivity contribution in [3.05, 3.63) is 83.4 Å². The van der Waals surface area contributed by atoms with E-state index < -0.39 is 6.04 Å². The van der Waals surface area contributed by atoms with Crippen LogP contribution in [0.5, 0.6) is 17.2 Å². The van der Waals surface area contributed by atoms with Crippen LogP contribution in [0, 0.1) is 0 Å². The third kappa shape index (κ3) is 4.48. The maximum atomic E-state index is 13.3. The van der Waals surface area contributed by atoms with Crippen molar-refractivity contribution in [1.82, 2.24) is 4.90 Å². The van der Waals surface area contributed by atoms with Crippen LogP contribution in [0.15, 0.2) is 66.7 Å². The number of methoxy groups -OCH3 is 3. The molecule has 7 nitrogen and oxygen atoms in total. The molecule has 1 aliphatic heterocycles. The van der Waals surface area contributed by atoms with Crippen LogP contribution in [0.25, 0.3) is 0 Å². The normalized spacial score (nSPS) is 13.3. The lowest BCUT2D eigenvalue weighted by molar-refractivity contribution is -0.117. The fourth-order valence-electron chi connectivity index (χ4n) is 4.14. The summed E-state index contributed by atoms with van der Waals surface area (Å²) in [5.41, 5.74) is 3.00. The van der Waals surface area contributed by atoms with Crippen molar-refractivity contribution < 1.29 is 23.8 Å². The van der Waals surface area contributed by atoms with Gasteiger partial charge in [0.2, 0.25) is 11.7 Å². The summed E-state index contributed by atoms with van der Waals surface area (Å²) in [6.45, 7) is 0.412. The van der Waals surface area contributed by atoms with Crippen molar-refractivity contribution >= 4 is 17.5 Å². The molecule has 0 unspecified atom stereocenters. The van der Waals surface area contributed by atoms with Crippen molar-refractivity contribution in [2.45, 2.75) is 19.0 Å². The maximum absolute atomic E-state index is 13.3. The number of hydrogen-bond donors (Lipinski definition) is 1. The Labute approximate surface area is 192 Å². The first-order chi connectivity index (χ1) is 16.0. The van der Waals surface area contributed by atoms with Gasteiger partial charge in [-0.15, -0.1) is 0 Å². The largest absolute Gasteiger partial charge is 0.493 e. The highest BCUT2D eigenvalue weighted by molar-refractivity contribution is 5.99. The number of amides is 2. The molecule has 2 amide bonds. The molecule has 1 N–H and O–H groups in total. The van der Waals surface area contributed by atoms with Gasteiger partial charge in [-0.25, -0.2) is 0 Å². The zero-order chi connectivity index (χ0) is 23.4. The van der Waals surface area contributed by atoms with Crippen molar-refractivity contribution in [3.8, 4) is 17.2 Å². The van der Waals surface area contributed by atoms with Gasteiger partial charge in [0.1, 0.15) is 0 Å². The van der Waals surface area contributed by atoms with E-state index in [1.54, 1.807) is 17.0 Å². The van der Waals surface area contributed by atoms with E-state index in [0.717, 1.165) is 5.56 Å². The zero-order valence-electron chi connectivity index (χ0n) is 18.8. The predicted molar refractivity (Wildman–Crippen MR) is 125 cm³/mol. The molecule has 7 heteroatoms. The number of carbonyl (C=O) groups is 2. The van der Waals surface area contributed by atoms with Crippen LogP contribution in [0.2, 0.25) is 0 Å². The van der Waals surface area contributed by atoms with Crippen molar-refractivity contribution in [2.24, 2.45) is 0 Å². The summed E-state index contributed by atoms with van der Waals surface area (Å²) in [7, 11) is 4.61. The standard InChI is InChI=1S/C26H26N2O5/c1-31-22-13-18(14-23(32-2)25(22)33-3)21(15-24(29)27-19-10-5-4-6-11-19)28-16-17-9-7-8-12-20(17)26(28)30/h4-14,21H,15-16H2,1-3H3,(H,27,29)/t21-/m0/s1. The van der Waals surface area contributed by atoms with Gasteiger partial charge < -0.3 is 24.4 Å². The molecule has 0 fully saturated rings. The van der Waals surface area contributed by atoms with E-state index in [0.29, 0.717) is 40.6 Å². The minimum atomic E-state index is -0.540. The molecule has 3 aromatic carbocycles. The Balaban J connectivity index is 1.72. The molecule has 1 heterocycles. The van der Waals surface area contributed by atoms with E-state index in [4.69, 9.17) is 14.2 Å². The second-order valence-electron chi connectivity index (χ2n) is 7.68. The number of anilines is 1. The monoisotopic (exact) mass is 446 g/mol. The number of fused-ring (bicyclic) bond motifs is 1. The third-order valence-electron chi connectivity index (χ3n) is 5.73. The average molecular weight is 447 g/mol. The lowest BCUT2D eigenvalue weighted by Crippen LogP contribution is -2.32. The number of benzene rings is 3. The minimum absolute atomic E-state index is 0.0628. The number of carbonyl (C=O) groups excluding carboxylic acids is 2. The lowest BCUT2D eigenvalue weighted by Gasteiger charge is -2.29. The molecule has 33 heavy (non-hydrogen) atoms. The Bertz CT molecular complexity index is 1140. The topological polar surface area (TPSA) is 77.1 Å². The van der Waals surface area contributed by atoms with Crippen molar-refractivity contribution in [3.63, 3.8) is 0 Å². The van der Waals surface area contributed by atoms with Crippen LogP contribution in [0.3, 0.4) is 0 Å². The van der Waals surface area contributed by atoms with Crippen LogP contribution in [-0.4, -0.2) is 38.0 Å². The van der Waals surface area contributed by atoms with Crippen LogP contribution >= 0.6 is 0 Å². The molecule has 0 radical (unpaired) electrons. The molecule has 170 valence electrons. The molecule has 0 saturated carbocycles. The highest BCUT2D eigenvalue weighted by Crippen LogP contribution is 2.43. The van der Waals surface area contributed by atoms with Crippen LogP contribution in [0.1, 0.15) is 33.9 Å². The summed E-state index contributed by atoms with van der Waals surface area (Å²) in [6.07, 6.45) is 0.0628. The van der Waals surface area contributed by atoms with Crippen molar-refractivity contribution in [1.29, 1.82) is 0 Å². The quantitative estimate of drug-likeness (QED) is 0.554. The van der Waals surface area contributed by atoms with Crippen LogP contribution < -0.4 is 19.5 Å². The molecule has 0 spiro atoms. The Kier molecular flexibility index (Phi) is 6.49. The molecule has 1 atom stereocenters. The number of ether oxygens (including phenoxy) is 3. The van der Waals surface area contributed by atoms with Gasteiger partial charge in [0.05, 0.1) is 33.8 Å². The number of hydrogen-bond acceptors (Lipinski definition) is 5. The van der Waals surface area contributed by atoms with Gasteiger partial charge in [0.15, 0.2) is 11.5 Å². The molecule has 1 aliphatic rings. The average Bonchev–Trinajstić information content (AvgIpc) is 3.18. The van der Waals surface area contributed by atoms with E-state index >= 15 is 0 Å². The lowest BCUT2D eigenvalue weighted by atomic mass is 10.00. The minimum Gasteiger partial charge on any atom is -0.493 e. The van der Waals surface area contributed by atoms with Gasteiger partial charge in [-0.2, -0.15) is 0 Å². The first kappa shape index (κ1) is 22.2. The molecule has 3 aromatic rings. The molecule has 0 saturated heterocycles. The first-order valence-electron chi connectivity index (χ1n) is 10.6. The maximum Gasteiger partial charge on any atom is 0.255 e. The molecule has 4 rings (SSSR count). The van der Waals surface area contributed by atoms with Crippen molar-refractivity contribution in [2.75, 3.05) is 26.6 Å². The summed E-state index contributed by atoms with van der Waals surface area (Å²) in [4.78, 5) is 28.0. The molecular weight excluding hydrogens is 420 g/mol. The third-order valence-corrected chi connectivity index (χ3v) is 5.73. The van der Waals surface area contributed by atoms with Gasteiger partial charge >= 0.3 is 0 Å². The molecule has 0 aromatic heterocycles. The molecule has 0 bridgehead atoms. The Morgan fingerprint density at radius 2 is 1.58 bits per heavy atom. The number of para-hydroxylation sites is 1. The van der Waals surface area contributed by atoms with E-state index in [1.165, 1.54) is 21.3 Å². The Morgan fingerprint density at radius 1 is 0.939 bits per heavy atom. The zero-order valence-corrected chi connectivity index (χ0v) is 18.8. The summed E-state index contributed by atoms with van der Waals surface area (Å²) < 4.78 is 16.5. The smallest absolute Gasteiger partial charge is 0.255 e. The predicted octanol–water partition coefficient (Wildman–Crippen LogP) is 4.44. The van der Waals surface area contributed by atoms with E-state index in [9.17, 15) is 9.59 Å². The summed E-state index contributed by atoms with van der Waals surface area (Å²) >= 11 is 0. The van der Waals surface area contributed by atoms with Gasteiger partial charge in [-0.1, -0.05) is 36.4 Å². The highest BCUT2D eigenvalue weighted by Gasteiger charge is 2.35. The number of rotatable bonds is 8. The second-order valence-corrected chi connectivity index (χ2v) is 7.68. The molecule has 0 aliphatic carbocycles. The van der Waals surface area contributed by atoms with E-state index in [2.05, 4.69) is 5.32 Å². The van der Waals surface area contributed by atoms with Gasteiger partial charge in [-0.3, -0.25) is 9.59 Å². The Hall–Kier alpha value is -4.00. The van der Waals surface area contributed by atoms with Gasteiger partial charge in [0, 0.05) is 17.8 Å². The van der Waals surface area contributed by atoms with E-state index in [-0.39, 0.29) is 18.2 Å². The van der Waals surface area contributed by atoms with E-state index in [1.807, 2.05) is 54.6 Å². The first-order valence-corrected chi connectivity index (χ1v) is 10.6. The van der Waals surface area contributed by atoms with Gasteiger partial charge in [-0.05, 0) is 41.5 Å². The summed E-state index contributed by atoms with van der Waals surface area (Å²) in [6, 6.07) is 19.8. The summed E-state index contributed by atoms with van der Waals surface area (Å²) in [5, 5.41) is 2.92. The SMILES string of the molecule is COc1cc([C@H](CC(=O)Nc2ccccc2)N2Cc3ccccc3C2=O)cc(OC)c1OC. The Morgan fingerprint density at radius 3 is 2.18 bits per heavy atom. The second kappa shape index (κ2) is 9.65. The fraction of sp³-hybridized carbons (Fsp3) is 0.231. The van der Waals surface area contributed by atoms with Crippen LogP contribution in [-0.2, 0) is 11.3 Å². The summed E-state index contributed by atoms with van der Waals surface area (Å²) in [5.74, 6) is 1.06. The van der Waals surface area contributed by atoms with Gasteiger partial charge in [0.25, 0.3) is 5.91 Å².